The highest BCUT2D eigenvalue weighted by Gasteiger charge is 2.26. The molecule has 2 aromatic carbocycles. The fourth-order valence-electron chi connectivity index (χ4n) is 4.25. The molecule has 1 amide bonds. The molecule has 4 aromatic rings. The van der Waals surface area contributed by atoms with Crippen LogP contribution >= 0.6 is 12.4 Å². The van der Waals surface area contributed by atoms with Crippen molar-refractivity contribution in [3.63, 3.8) is 0 Å². The lowest BCUT2D eigenvalue weighted by Gasteiger charge is -2.25. The van der Waals surface area contributed by atoms with Gasteiger partial charge in [0.1, 0.15) is 5.69 Å². The third-order valence-electron chi connectivity index (χ3n) is 5.98. The number of rotatable bonds is 6. The lowest BCUT2D eigenvalue weighted by Crippen LogP contribution is -2.31. The van der Waals surface area contributed by atoms with E-state index in [1.54, 1.807) is 0 Å². The highest BCUT2D eigenvalue weighted by atomic mass is 35.5. The van der Waals surface area contributed by atoms with Crippen molar-refractivity contribution in [2.24, 2.45) is 5.10 Å². The van der Waals surface area contributed by atoms with Gasteiger partial charge in [0, 0.05) is 12.1 Å². The maximum Gasteiger partial charge on any atom is 0.292 e. The summed E-state index contributed by atoms with van der Waals surface area (Å²) in [7, 11) is 0. The summed E-state index contributed by atoms with van der Waals surface area (Å²) in [6, 6.07) is 14.0. The normalized spacial score (nSPS) is 14.6. The summed E-state index contributed by atoms with van der Waals surface area (Å²) in [5.74, 6) is -0.352. The molecule has 2 aromatic heterocycles. The van der Waals surface area contributed by atoms with Crippen LogP contribution in [0.25, 0.3) is 16.6 Å². The van der Waals surface area contributed by atoms with Gasteiger partial charge in [-0.2, -0.15) is 9.78 Å². The van der Waals surface area contributed by atoms with E-state index >= 15 is 0 Å². The standard InChI is InChI=1S/C23H25N9O2.ClH/c1-15(17-11-7-9-16-8-3-4-10-18(16)17)25-27-23(33)20-19(14-31-12-5-2-6-13-31)26-30-32(20)22-21(24)28-34-29-22;/h3-4,7-11H,2,5-6,12-14H2,1H3,(H2,24,28)(H,27,33);1H/b25-15+;. The minimum absolute atomic E-state index is 0. The molecule has 1 fully saturated rings. The summed E-state index contributed by atoms with van der Waals surface area (Å²) in [5.41, 5.74) is 10.8. The monoisotopic (exact) mass is 495 g/mol. The zero-order valence-corrected chi connectivity index (χ0v) is 20.0. The summed E-state index contributed by atoms with van der Waals surface area (Å²) in [5, 5.41) is 22.3. The number of anilines is 1. The second kappa shape index (κ2) is 10.6. The van der Waals surface area contributed by atoms with Gasteiger partial charge in [-0.25, -0.2) is 10.1 Å². The van der Waals surface area contributed by atoms with Crippen LogP contribution in [0.5, 0.6) is 0 Å². The number of hydrogen-bond donors (Lipinski definition) is 2. The van der Waals surface area contributed by atoms with Crippen LogP contribution in [-0.4, -0.2) is 54.9 Å². The van der Waals surface area contributed by atoms with Gasteiger partial charge < -0.3 is 5.73 Å². The van der Waals surface area contributed by atoms with Crippen LogP contribution < -0.4 is 11.2 Å². The third-order valence-corrected chi connectivity index (χ3v) is 5.98. The Labute approximate surface area is 207 Å². The fourth-order valence-corrected chi connectivity index (χ4v) is 4.25. The lowest BCUT2D eigenvalue weighted by atomic mass is 10.0. The Kier molecular flexibility index (Phi) is 7.37. The van der Waals surface area contributed by atoms with Crippen LogP contribution in [0.3, 0.4) is 0 Å². The Balaban J connectivity index is 0.00000289. The zero-order chi connectivity index (χ0) is 23.5. The first kappa shape index (κ1) is 24.3. The molecule has 0 unspecified atom stereocenters. The van der Waals surface area contributed by atoms with Crippen molar-refractivity contribution < 1.29 is 9.42 Å². The molecule has 0 spiro atoms. The summed E-state index contributed by atoms with van der Waals surface area (Å²) in [6.45, 7) is 4.23. The van der Waals surface area contributed by atoms with Crippen LogP contribution in [0, 0.1) is 0 Å². The molecule has 35 heavy (non-hydrogen) atoms. The third kappa shape index (κ3) is 5.00. The number of benzene rings is 2. The van der Waals surface area contributed by atoms with Crippen molar-refractivity contribution in [2.75, 3.05) is 18.8 Å². The molecule has 5 rings (SSSR count). The van der Waals surface area contributed by atoms with Crippen molar-refractivity contribution >= 4 is 40.6 Å². The molecule has 11 nitrogen and oxygen atoms in total. The Morgan fingerprint density at radius 3 is 2.66 bits per heavy atom. The smallest absolute Gasteiger partial charge is 0.292 e. The molecule has 0 radical (unpaired) electrons. The van der Waals surface area contributed by atoms with E-state index in [9.17, 15) is 4.79 Å². The van der Waals surface area contributed by atoms with Gasteiger partial charge in [0.15, 0.2) is 5.69 Å². The molecule has 12 heteroatoms. The number of piperidine rings is 1. The molecule has 1 saturated heterocycles. The first-order chi connectivity index (χ1) is 16.6. The molecule has 182 valence electrons. The predicted molar refractivity (Wildman–Crippen MR) is 134 cm³/mol. The number of aromatic nitrogens is 5. The first-order valence-corrected chi connectivity index (χ1v) is 11.2. The summed E-state index contributed by atoms with van der Waals surface area (Å²) < 4.78 is 5.96. The SMILES string of the molecule is C/C(=N\NC(=O)c1c(CN2CCCCC2)nnn1-c1nonc1N)c1cccc2ccccc12.Cl. The number of fused-ring (bicyclic) bond motifs is 1. The quantitative estimate of drug-likeness (QED) is 0.307. The Morgan fingerprint density at radius 1 is 1.11 bits per heavy atom. The molecule has 0 bridgehead atoms. The van der Waals surface area contributed by atoms with Gasteiger partial charge >= 0.3 is 0 Å². The molecule has 0 aliphatic carbocycles. The van der Waals surface area contributed by atoms with Crippen LogP contribution in [0.1, 0.15) is 47.9 Å². The van der Waals surface area contributed by atoms with Crippen LogP contribution in [0.4, 0.5) is 5.82 Å². The molecular weight excluding hydrogens is 470 g/mol. The Morgan fingerprint density at radius 2 is 1.89 bits per heavy atom. The summed E-state index contributed by atoms with van der Waals surface area (Å²) in [4.78, 5) is 15.6. The van der Waals surface area contributed by atoms with E-state index in [-0.39, 0.29) is 29.7 Å². The highest BCUT2D eigenvalue weighted by molar-refractivity contribution is 6.10. The van der Waals surface area contributed by atoms with Crippen molar-refractivity contribution in [2.45, 2.75) is 32.7 Å². The number of nitrogen functional groups attached to an aromatic ring is 1. The topological polar surface area (TPSA) is 140 Å². The van der Waals surface area contributed by atoms with E-state index in [1.165, 1.54) is 11.1 Å². The number of nitrogens with zero attached hydrogens (tertiary/aromatic N) is 7. The number of likely N-dealkylation sites (tertiary alicyclic amines) is 1. The molecule has 3 heterocycles. The van der Waals surface area contributed by atoms with Crippen molar-refractivity contribution in [3.8, 4) is 5.82 Å². The number of hydrazone groups is 1. The predicted octanol–water partition coefficient (Wildman–Crippen LogP) is 2.95. The van der Waals surface area contributed by atoms with Crippen LogP contribution in [0.2, 0.25) is 0 Å². The fraction of sp³-hybridized carbons (Fsp3) is 0.304. The van der Waals surface area contributed by atoms with Crippen molar-refractivity contribution in [3.05, 3.63) is 59.4 Å². The maximum absolute atomic E-state index is 13.3. The largest absolute Gasteiger partial charge is 0.378 e. The number of halogens is 1. The highest BCUT2D eigenvalue weighted by Crippen LogP contribution is 2.21. The van der Waals surface area contributed by atoms with E-state index in [0.717, 1.165) is 42.3 Å². The number of carbonyl (C=O) groups is 1. The van der Waals surface area contributed by atoms with E-state index < -0.39 is 5.91 Å². The van der Waals surface area contributed by atoms with Crippen LogP contribution in [0.15, 0.2) is 52.2 Å². The number of nitrogens with one attached hydrogen (secondary N) is 1. The molecule has 0 atom stereocenters. The minimum Gasteiger partial charge on any atom is -0.378 e. The zero-order valence-electron chi connectivity index (χ0n) is 19.2. The average Bonchev–Trinajstić information content (AvgIpc) is 3.48. The van der Waals surface area contributed by atoms with Gasteiger partial charge in [-0.1, -0.05) is 54.1 Å². The molecular formula is C23H26ClN9O2. The van der Waals surface area contributed by atoms with E-state index in [2.05, 4.69) is 36.1 Å². The number of hydrogen-bond acceptors (Lipinski definition) is 9. The number of amides is 1. The van der Waals surface area contributed by atoms with E-state index in [0.29, 0.717) is 18.0 Å². The summed E-state index contributed by atoms with van der Waals surface area (Å²) in [6.07, 6.45) is 3.44. The number of carbonyl (C=O) groups excluding carboxylic acids is 1. The van der Waals surface area contributed by atoms with Gasteiger partial charge in [0.2, 0.25) is 11.6 Å². The van der Waals surface area contributed by atoms with Gasteiger partial charge in [0.25, 0.3) is 5.91 Å². The van der Waals surface area contributed by atoms with Gasteiger partial charge in [-0.15, -0.1) is 17.5 Å². The van der Waals surface area contributed by atoms with Gasteiger partial charge in [0.05, 0.1) is 5.71 Å². The average molecular weight is 496 g/mol. The lowest BCUT2D eigenvalue weighted by molar-refractivity contribution is 0.0944. The molecule has 0 saturated carbocycles. The second-order valence-electron chi connectivity index (χ2n) is 8.27. The maximum atomic E-state index is 13.3. The summed E-state index contributed by atoms with van der Waals surface area (Å²) >= 11 is 0. The first-order valence-electron chi connectivity index (χ1n) is 11.2. The minimum atomic E-state index is -0.473. The van der Waals surface area contributed by atoms with Gasteiger partial charge in [-0.3, -0.25) is 9.69 Å². The van der Waals surface area contributed by atoms with Crippen molar-refractivity contribution in [1.82, 2.24) is 35.6 Å². The molecule has 1 aliphatic heterocycles. The van der Waals surface area contributed by atoms with Crippen LogP contribution in [-0.2, 0) is 6.54 Å². The van der Waals surface area contributed by atoms with Crippen molar-refractivity contribution in [1.29, 1.82) is 0 Å². The van der Waals surface area contributed by atoms with E-state index in [1.807, 2.05) is 49.4 Å². The number of nitrogens with two attached hydrogens (primary N) is 1. The molecule has 1 aliphatic rings. The van der Waals surface area contributed by atoms with E-state index in [4.69, 9.17) is 10.4 Å². The molecule has 3 N–H and O–H groups in total. The van der Waals surface area contributed by atoms with Gasteiger partial charge in [-0.05, 0) is 53.9 Å². The Bertz CT molecular complexity index is 1350. The Hall–Kier alpha value is -3.83. The second-order valence-corrected chi connectivity index (χ2v) is 8.27.